The van der Waals surface area contributed by atoms with E-state index in [1.54, 1.807) is 0 Å². The first-order chi connectivity index (χ1) is 11.9. The topological polar surface area (TPSA) is 101 Å². The van der Waals surface area contributed by atoms with Crippen LogP contribution in [0.2, 0.25) is 0 Å². The van der Waals surface area contributed by atoms with Crippen molar-refractivity contribution in [2.24, 2.45) is 11.8 Å². The summed E-state index contributed by atoms with van der Waals surface area (Å²) in [7, 11) is -6.88. The molecule has 27 heavy (non-hydrogen) atoms. The summed E-state index contributed by atoms with van der Waals surface area (Å²) >= 11 is 0. The van der Waals surface area contributed by atoms with Gasteiger partial charge in [-0.15, -0.1) is 0 Å². The third-order valence-corrected chi connectivity index (χ3v) is 6.80. The van der Waals surface area contributed by atoms with E-state index in [-0.39, 0.29) is 31.1 Å². The van der Waals surface area contributed by atoms with Gasteiger partial charge in [0.2, 0.25) is 0 Å². The van der Waals surface area contributed by atoms with Gasteiger partial charge in [0.25, 0.3) is 0 Å². The number of esters is 1. The highest BCUT2D eigenvalue weighted by molar-refractivity contribution is 7.88. The lowest BCUT2D eigenvalue weighted by molar-refractivity contribution is -0.314. The van der Waals surface area contributed by atoms with E-state index in [9.17, 15) is 44.7 Å². The summed E-state index contributed by atoms with van der Waals surface area (Å²) in [5.41, 5.74) is -3.12. The number of carbonyl (C=O) groups is 1. The lowest BCUT2D eigenvalue weighted by Crippen LogP contribution is -2.66. The fourth-order valence-corrected chi connectivity index (χ4v) is 5.78. The highest BCUT2D eigenvalue weighted by atomic mass is 32.2. The minimum absolute atomic E-state index is 0.0311. The molecule has 4 fully saturated rings. The molecule has 3 atom stereocenters. The molecule has 13 heteroatoms. The van der Waals surface area contributed by atoms with E-state index in [0.29, 0.717) is 19.3 Å². The smallest absolute Gasteiger partial charge is 0.456 e. The summed E-state index contributed by atoms with van der Waals surface area (Å²) in [6, 6.07) is 0. The molecule has 4 rings (SSSR count). The fraction of sp³-hybridized carbons (Fsp3) is 0.929. The van der Waals surface area contributed by atoms with Crippen LogP contribution in [0.4, 0.5) is 26.3 Å². The van der Waals surface area contributed by atoms with Gasteiger partial charge in [0.15, 0.2) is 0 Å². The summed E-state index contributed by atoms with van der Waals surface area (Å²) in [5.74, 6) is -10.3. The molecule has 0 aromatic carbocycles. The molecule has 3 unspecified atom stereocenters. The SMILES string of the molecule is O=C(OC12CC3CC(CC(O)(C3)C1)C2)C(F)(C(F)(F)C(F)(F)F)S(=O)(=O)O. The molecule has 6 nitrogen and oxygen atoms in total. The zero-order valence-electron chi connectivity index (χ0n) is 13.6. The van der Waals surface area contributed by atoms with Crippen LogP contribution in [-0.2, 0) is 19.6 Å². The van der Waals surface area contributed by atoms with Gasteiger partial charge in [-0.05, 0) is 43.9 Å². The van der Waals surface area contributed by atoms with Gasteiger partial charge < -0.3 is 9.84 Å². The van der Waals surface area contributed by atoms with Crippen molar-refractivity contribution in [2.75, 3.05) is 0 Å². The van der Waals surface area contributed by atoms with Gasteiger partial charge in [0.1, 0.15) is 5.60 Å². The van der Waals surface area contributed by atoms with Crippen molar-refractivity contribution < 1.29 is 54.0 Å². The Balaban J connectivity index is 1.98. The van der Waals surface area contributed by atoms with Crippen molar-refractivity contribution in [2.45, 2.75) is 66.8 Å². The molecule has 4 aliphatic rings. The first kappa shape index (κ1) is 20.6. The van der Waals surface area contributed by atoms with Crippen molar-refractivity contribution in [1.29, 1.82) is 0 Å². The Labute approximate surface area is 149 Å². The van der Waals surface area contributed by atoms with Gasteiger partial charge in [-0.2, -0.15) is 30.4 Å². The van der Waals surface area contributed by atoms with Gasteiger partial charge in [0.05, 0.1) is 5.60 Å². The predicted molar refractivity (Wildman–Crippen MR) is 74.8 cm³/mol. The second-order valence-corrected chi connectivity index (χ2v) is 9.41. The molecular formula is C14H16F6O6S. The van der Waals surface area contributed by atoms with Gasteiger partial charge in [0, 0.05) is 6.42 Å². The number of alkyl halides is 6. The predicted octanol–water partition coefficient (Wildman–Crippen LogP) is 2.36. The van der Waals surface area contributed by atoms with Gasteiger partial charge in [-0.3, -0.25) is 4.55 Å². The van der Waals surface area contributed by atoms with E-state index in [2.05, 4.69) is 4.74 Å². The van der Waals surface area contributed by atoms with E-state index in [4.69, 9.17) is 4.55 Å². The molecule has 0 radical (unpaired) electrons. The Hall–Kier alpha value is -1.08. The van der Waals surface area contributed by atoms with Crippen molar-refractivity contribution in [3.8, 4) is 0 Å². The van der Waals surface area contributed by atoms with Gasteiger partial charge >= 0.3 is 33.2 Å². The van der Waals surface area contributed by atoms with Crippen LogP contribution in [0.5, 0.6) is 0 Å². The van der Waals surface area contributed by atoms with E-state index in [1.807, 2.05) is 0 Å². The molecule has 0 aromatic heterocycles. The third kappa shape index (κ3) is 2.92. The second-order valence-electron chi connectivity index (χ2n) is 7.90. The van der Waals surface area contributed by atoms with E-state index in [0.717, 1.165) is 0 Å². The number of halogens is 6. The van der Waals surface area contributed by atoms with E-state index < -0.39 is 44.4 Å². The average Bonchev–Trinajstić information content (AvgIpc) is 2.40. The Morgan fingerprint density at radius 2 is 1.48 bits per heavy atom. The standard InChI is InChI=1S/C14H16F6O6S/c15-12(27(23,24)25,13(16,17)14(18,19)20)9(21)26-11-4-7-1-8(5-11)3-10(22,2-7)6-11/h7-8,22H,1-6H2,(H,23,24,25). The molecule has 0 saturated heterocycles. The highest BCUT2D eigenvalue weighted by Crippen LogP contribution is 2.59. The number of hydrogen-bond acceptors (Lipinski definition) is 5. The first-order valence-electron chi connectivity index (χ1n) is 8.01. The molecule has 0 aromatic rings. The quantitative estimate of drug-likeness (QED) is 0.407. The van der Waals surface area contributed by atoms with Crippen LogP contribution < -0.4 is 0 Å². The average molecular weight is 426 g/mol. The lowest BCUT2D eigenvalue weighted by atomic mass is 9.52. The van der Waals surface area contributed by atoms with Crippen molar-refractivity contribution in [3.63, 3.8) is 0 Å². The van der Waals surface area contributed by atoms with Crippen LogP contribution in [0.3, 0.4) is 0 Å². The number of rotatable bonds is 4. The number of hydrogen-bond donors (Lipinski definition) is 2. The Bertz CT molecular complexity index is 751. The van der Waals surface area contributed by atoms with Crippen molar-refractivity contribution in [3.05, 3.63) is 0 Å². The highest BCUT2D eigenvalue weighted by Gasteiger charge is 2.82. The molecule has 0 heterocycles. The first-order valence-corrected chi connectivity index (χ1v) is 9.45. The molecular weight excluding hydrogens is 410 g/mol. The van der Waals surface area contributed by atoms with Crippen LogP contribution in [0.1, 0.15) is 38.5 Å². The summed E-state index contributed by atoms with van der Waals surface area (Å²) < 4.78 is 115. The second kappa shape index (κ2) is 5.50. The maximum absolute atomic E-state index is 14.5. The van der Waals surface area contributed by atoms with Crippen LogP contribution in [0, 0.1) is 11.8 Å². The van der Waals surface area contributed by atoms with Gasteiger partial charge in [-0.25, -0.2) is 9.18 Å². The summed E-state index contributed by atoms with van der Waals surface area (Å²) in [6.45, 7) is 0. The summed E-state index contributed by atoms with van der Waals surface area (Å²) in [6.07, 6.45) is -5.97. The molecule has 4 bridgehead atoms. The Morgan fingerprint density at radius 1 is 1.00 bits per heavy atom. The Morgan fingerprint density at radius 3 is 1.85 bits per heavy atom. The van der Waals surface area contributed by atoms with Crippen LogP contribution in [0.25, 0.3) is 0 Å². The minimum Gasteiger partial charge on any atom is -0.456 e. The molecule has 2 N–H and O–H groups in total. The summed E-state index contributed by atoms with van der Waals surface area (Å²) in [4.78, 5) is 12.0. The van der Waals surface area contributed by atoms with Gasteiger partial charge in [-0.1, -0.05) is 0 Å². The monoisotopic (exact) mass is 426 g/mol. The Kier molecular flexibility index (Phi) is 4.21. The summed E-state index contributed by atoms with van der Waals surface area (Å²) in [5, 5.41) is 4.39. The van der Waals surface area contributed by atoms with Crippen molar-refractivity contribution in [1.82, 2.24) is 0 Å². The van der Waals surface area contributed by atoms with Crippen molar-refractivity contribution >= 4 is 16.1 Å². The number of carbonyl (C=O) groups excluding carboxylic acids is 1. The number of ether oxygens (including phenoxy) is 1. The molecule has 0 amide bonds. The minimum atomic E-state index is -6.88. The molecule has 4 saturated carbocycles. The maximum Gasteiger partial charge on any atom is 0.458 e. The third-order valence-electron chi connectivity index (χ3n) is 5.66. The van der Waals surface area contributed by atoms with E-state index in [1.165, 1.54) is 0 Å². The molecule has 0 aliphatic heterocycles. The largest absolute Gasteiger partial charge is 0.458 e. The lowest BCUT2D eigenvalue weighted by Gasteiger charge is -2.59. The van der Waals surface area contributed by atoms with Crippen LogP contribution in [-0.4, -0.2) is 52.3 Å². The molecule has 156 valence electrons. The normalized spacial score (nSPS) is 38.5. The zero-order chi connectivity index (χ0) is 20.7. The van der Waals surface area contributed by atoms with E-state index >= 15 is 0 Å². The maximum atomic E-state index is 14.5. The number of aliphatic hydroxyl groups is 1. The fourth-order valence-electron chi connectivity index (χ4n) is 5.09. The molecule has 4 aliphatic carbocycles. The van der Waals surface area contributed by atoms with Crippen LogP contribution in [0.15, 0.2) is 0 Å². The van der Waals surface area contributed by atoms with Crippen LogP contribution >= 0.6 is 0 Å². The molecule has 0 spiro atoms. The zero-order valence-corrected chi connectivity index (χ0v) is 14.4.